The normalized spacial score (nSPS) is 13.1. The number of aliphatic carboxylic acids is 1. The second-order valence-electron chi connectivity index (χ2n) is 3.68. The van der Waals surface area contributed by atoms with Crippen LogP contribution in [0.15, 0.2) is 12.3 Å². The van der Waals surface area contributed by atoms with Gasteiger partial charge in [-0.25, -0.2) is 4.98 Å². The number of nitrogens with zero attached hydrogens (tertiary/aromatic N) is 1. The van der Waals surface area contributed by atoms with E-state index in [1.54, 1.807) is 0 Å². The van der Waals surface area contributed by atoms with Gasteiger partial charge in [0.1, 0.15) is 5.82 Å². The molecule has 0 aliphatic rings. The van der Waals surface area contributed by atoms with Crippen molar-refractivity contribution in [3.05, 3.63) is 22.8 Å². The molecule has 1 heterocycles. The molecule has 3 N–H and O–H groups in total. The highest BCUT2D eigenvalue weighted by molar-refractivity contribution is 6.32. The molecule has 0 fully saturated rings. The first-order valence-corrected chi connectivity index (χ1v) is 5.44. The fourth-order valence-electron chi connectivity index (χ4n) is 1.21. The van der Waals surface area contributed by atoms with Crippen molar-refractivity contribution in [3.63, 3.8) is 0 Å². The third kappa shape index (κ3) is 4.92. The highest BCUT2D eigenvalue weighted by atomic mass is 35.5. The molecule has 9 heteroatoms. The van der Waals surface area contributed by atoms with E-state index in [-0.39, 0.29) is 17.4 Å². The molecule has 19 heavy (non-hydrogen) atoms. The number of alkyl halides is 3. The Hall–Kier alpha value is -1.54. The second-order valence-corrected chi connectivity index (χ2v) is 4.09. The number of hydrogen-bond donors (Lipinski definition) is 3. The Kier molecular flexibility index (Phi) is 4.96. The van der Waals surface area contributed by atoms with E-state index >= 15 is 0 Å². The molecule has 1 aromatic rings. The van der Waals surface area contributed by atoms with Gasteiger partial charge in [-0.1, -0.05) is 11.6 Å². The fraction of sp³-hybridized carbons (Fsp3) is 0.400. The quantitative estimate of drug-likeness (QED) is 0.774. The number of halogens is 4. The van der Waals surface area contributed by atoms with Gasteiger partial charge in [-0.15, -0.1) is 0 Å². The highest BCUT2D eigenvalue weighted by Gasteiger charge is 2.31. The van der Waals surface area contributed by atoms with Gasteiger partial charge >= 0.3 is 12.1 Å². The fourth-order valence-corrected chi connectivity index (χ4v) is 1.44. The van der Waals surface area contributed by atoms with Crippen LogP contribution in [-0.2, 0) is 11.0 Å². The van der Waals surface area contributed by atoms with E-state index < -0.39 is 30.2 Å². The van der Waals surface area contributed by atoms with Gasteiger partial charge in [0.15, 0.2) is 0 Å². The lowest BCUT2D eigenvalue weighted by Crippen LogP contribution is -2.23. The zero-order valence-corrected chi connectivity index (χ0v) is 10.2. The SMILES string of the molecule is O=C(O)CC(O)CNc1ncc(C(F)(F)F)cc1Cl. The lowest BCUT2D eigenvalue weighted by atomic mass is 10.2. The van der Waals surface area contributed by atoms with Gasteiger partial charge in [0, 0.05) is 12.7 Å². The van der Waals surface area contributed by atoms with Crippen LogP contribution < -0.4 is 5.32 Å². The van der Waals surface area contributed by atoms with Gasteiger partial charge in [0.05, 0.1) is 23.1 Å². The largest absolute Gasteiger partial charge is 0.481 e. The molecule has 0 aromatic carbocycles. The summed E-state index contributed by atoms with van der Waals surface area (Å²) in [5.41, 5.74) is -0.992. The molecule has 1 rings (SSSR count). The van der Waals surface area contributed by atoms with E-state index in [1.165, 1.54) is 0 Å². The molecule has 1 aromatic heterocycles. The van der Waals surface area contributed by atoms with E-state index in [2.05, 4.69) is 10.3 Å². The molecular weight excluding hydrogens is 289 g/mol. The number of aromatic nitrogens is 1. The van der Waals surface area contributed by atoms with Crippen LogP contribution in [-0.4, -0.2) is 33.8 Å². The Morgan fingerprint density at radius 1 is 1.53 bits per heavy atom. The lowest BCUT2D eigenvalue weighted by Gasteiger charge is -2.12. The number of carboxylic acids is 1. The maximum absolute atomic E-state index is 12.3. The Bertz CT molecular complexity index is 468. The van der Waals surface area contributed by atoms with Crippen LogP contribution in [0.2, 0.25) is 5.02 Å². The average Bonchev–Trinajstić information content (AvgIpc) is 2.25. The third-order valence-corrected chi connectivity index (χ3v) is 2.37. The molecule has 0 aliphatic heterocycles. The van der Waals surface area contributed by atoms with E-state index in [0.29, 0.717) is 12.3 Å². The second kappa shape index (κ2) is 6.07. The number of anilines is 1. The molecule has 106 valence electrons. The summed E-state index contributed by atoms with van der Waals surface area (Å²) in [6.07, 6.45) is -5.64. The molecule has 0 aliphatic carbocycles. The molecule has 1 atom stereocenters. The minimum absolute atomic E-state index is 0.0564. The lowest BCUT2D eigenvalue weighted by molar-refractivity contribution is -0.139. The summed E-state index contributed by atoms with van der Waals surface area (Å²) in [5.74, 6) is -1.25. The number of pyridine rings is 1. The van der Waals surface area contributed by atoms with Gasteiger partial charge in [-0.3, -0.25) is 4.79 Å². The first-order chi connectivity index (χ1) is 8.70. The van der Waals surface area contributed by atoms with Crippen LogP contribution in [0.1, 0.15) is 12.0 Å². The summed E-state index contributed by atoms with van der Waals surface area (Å²) in [6.45, 7) is -0.190. The summed E-state index contributed by atoms with van der Waals surface area (Å²) in [7, 11) is 0. The van der Waals surface area contributed by atoms with Crippen molar-refractivity contribution in [2.45, 2.75) is 18.7 Å². The van der Waals surface area contributed by atoms with E-state index in [9.17, 15) is 23.1 Å². The topological polar surface area (TPSA) is 82.5 Å². The van der Waals surface area contributed by atoms with Crippen LogP contribution in [0.25, 0.3) is 0 Å². The van der Waals surface area contributed by atoms with Gasteiger partial charge in [0.2, 0.25) is 0 Å². The minimum atomic E-state index is -4.54. The maximum atomic E-state index is 12.3. The Labute approximate surface area is 111 Å². The van der Waals surface area contributed by atoms with Gasteiger partial charge in [0.25, 0.3) is 0 Å². The molecule has 0 saturated carbocycles. The zero-order valence-electron chi connectivity index (χ0n) is 9.41. The maximum Gasteiger partial charge on any atom is 0.417 e. The zero-order chi connectivity index (χ0) is 14.6. The van der Waals surface area contributed by atoms with Crippen molar-refractivity contribution in [3.8, 4) is 0 Å². The molecule has 5 nitrogen and oxygen atoms in total. The monoisotopic (exact) mass is 298 g/mol. The van der Waals surface area contributed by atoms with Crippen molar-refractivity contribution in [2.24, 2.45) is 0 Å². The predicted molar refractivity (Wildman–Crippen MR) is 61.0 cm³/mol. The summed E-state index contributed by atoms with van der Waals surface area (Å²) < 4.78 is 37.0. The van der Waals surface area contributed by atoms with Crippen LogP contribution in [0.3, 0.4) is 0 Å². The highest BCUT2D eigenvalue weighted by Crippen LogP contribution is 2.32. The Morgan fingerprint density at radius 3 is 2.63 bits per heavy atom. The molecule has 1 unspecified atom stereocenters. The number of nitrogens with one attached hydrogen (secondary N) is 1. The van der Waals surface area contributed by atoms with Gasteiger partial charge in [-0.05, 0) is 6.07 Å². The van der Waals surface area contributed by atoms with Crippen molar-refractivity contribution >= 4 is 23.4 Å². The van der Waals surface area contributed by atoms with Gasteiger partial charge in [-0.2, -0.15) is 13.2 Å². The van der Waals surface area contributed by atoms with E-state index in [1.807, 2.05) is 0 Å². The van der Waals surface area contributed by atoms with Crippen molar-refractivity contribution in [1.82, 2.24) is 4.98 Å². The first kappa shape index (κ1) is 15.5. The van der Waals surface area contributed by atoms with E-state index in [0.717, 1.165) is 0 Å². The molecule has 0 spiro atoms. The number of carbonyl (C=O) groups is 1. The van der Waals surface area contributed by atoms with Gasteiger partial charge < -0.3 is 15.5 Å². The average molecular weight is 299 g/mol. The molecule has 0 saturated heterocycles. The first-order valence-electron chi connectivity index (χ1n) is 5.06. The van der Waals surface area contributed by atoms with Crippen LogP contribution in [0.4, 0.5) is 19.0 Å². The van der Waals surface area contributed by atoms with Crippen LogP contribution >= 0.6 is 11.6 Å². The number of hydrogen-bond acceptors (Lipinski definition) is 4. The Balaban J connectivity index is 2.68. The number of rotatable bonds is 5. The molecule has 0 radical (unpaired) electrons. The standard InChI is InChI=1S/C10H10ClF3N2O3/c11-7-1-5(10(12,13)14)3-15-9(7)16-4-6(17)2-8(18)19/h1,3,6,17H,2,4H2,(H,15,16)(H,18,19). The summed E-state index contributed by atoms with van der Waals surface area (Å²) in [5, 5.41) is 19.9. The summed E-state index contributed by atoms with van der Waals surface area (Å²) in [4.78, 5) is 13.8. The number of aliphatic hydroxyl groups is 1. The Morgan fingerprint density at radius 2 is 2.16 bits per heavy atom. The van der Waals surface area contributed by atoms with E-state index in [4.69, 9.17) is 16.7 Å². The van der Waals surface area contributed by atoms with Crippen molar-refractivity contribution in [2.75, 3.05) is 11.9 Å². The van der Waals surface area contributed by atoms with Crippen LogP contribution in [0.5, 0.6) is 0 Å². The smallest absolute Gasteiger partial charge is 0.417 e. The number of aliphatic hydroxyl groups excluding tert-OH is 1. The molecule has 0 bridgehead atoms. The molecule has 0 amide bonds. The van der Waals surface area contributed by atoms with Crippen molar-refractivity contribution < 1.29 is 28.2 Å². The summed E-state index contributed by atoms with van der Waals surface area (Å²) >= 11 is 5.60. The molecular formula is C10H10ClF3N2O3. The van der Waals surface area contributed by atoms with Crippen molar-refractivity contribution in [1.29, 1.82) is 0 Å². The predicted octanol–water partition coefficient (Wildman–Crippen LogP) is 2.00. The summed E-state index contributed by atoms with van der Waals surface area (Å²) in [6, 6.07) is 0.695. The minimum Gasteiger partial charge on any atom is -0.481 e. The third-order valence-electron chi connectivity index (χ3n) is 2.08. The number of carboxylic acid groups (broad SMARTS) is 1. The van der Waals surface area contributed by atoms with Crippen LogP contribution in [0, 0.1) is 0 Å².